The molecule has 0 aliphatic heterocycles. The molecule has 0 aromatic heterocycles. The van der Waals surface area contributed by atoms with Crippen LogP contribution in [0.15, 0.2) is 0 Å². The number of carboxylic acids is 1. The molecule has 1 fully saturated rings. The van der Waals surface area contributed by atoms with Gasteiger partial charge in [0.05, 0.1) is 0 Å². The second kappa shape index (κ2) is 7.00. The van der Waals surface area contributed by atoms with Crippen molar-refractivity contribution in [1.82, 2.24) is 9.80 Å². The van der Waals surface area contributed by atoms with Crippen molar-refractivity contribution in [2.24, 2.45) is 5.92 Å². The second-order valence-electron chi connectivity index (χ2n) is 5.67. The van der Waals surface area contributed by atoms with E-state index in [4.69, 9.17) is 5.11 Å². The monoisotopic (exact) mass is 310 g/mol. The molecular formula is C13H21F3N2O3. The summed E-state index contributed by atoms with van der Waals surface area (Å²) < 4.78 is 37.4. The molecule has 0 radical (unpaired) electrons. The average molecular weight is 310 g/mol. The molecule has 1 N–H and O–H groups in total. The SMILES string of the molecule is CC1CCC(N(C)C(=O)N(CC(=O)O)CC(F)(F)F)CC1. The van der Waals surface area contributed by atoms with E-state index in [1.54, 1.807) is 0 Å². The summed E-state index contributed by atoms with van der Waals surface area (Å²) in [6.07, 6.45) is -1.32. The summed E-state index contributed by atoms with van der Waals surface area (Å²) in [5.41, 5.74) is 0. The Kier molecular flexibility index (Phi) is 5.86. The number of carbonyl (C=O) groups is 2. The Hall–Kier alpha value is -1.47. The molecule has 5 nitrogen and oxygen atoms in total. The van der Waals surface area contributed by atoms with Gasteiger partial charge in [-0.05, 0) is 31.6 Å². The van der Waals surface area contributed by atoms with Crippen LogP contribution in [0.2, 0.25) is 0 Å². The largest absolute Gasteiger partial charge is 0.480 e. The lowest BCUT2D eigenvalue weighted by atomic mass is 9.87. The number of carboxylic acid groups (broad SMARTS) is 1. The maximum absolute atomic E-state index is 12.5. The molecule has 1 saturated carbocycles. The van der Waals surface area contributed by atoms with Crippen molar-refractivity contribution in [3.05, 3.63) is 0 Å². The van der Waals surface area contributed by atoms with Gasteiger partial charge in [-0.3, -0.25) is 4.79 Å². The van der Waals surface area contributed by atoms with Crippen LogP contribution in [0, 0.1) is 5.92 Å². The molecule has 1 rings (SSSR count). The first-order valence-electron chi connectivity index (χ1n) is 6.90. The molecule has 122 valence electrons. The lowest BCUT2D eigenvalue weighted by Gasteiger charge is -2.36. The van der Waals surface area contributed by atoms with E-state index >= 15 is 0 Å². The Balaban J connectivity index is 2.71. The first-order chi connectivity index (χ1) is 9.60. The van der Waals surface area contributed by atoms with Crippen molar-refractivity contribution in [2.45, 2.75) is 44.8 Å². The first kappa shape index (κ1) is 17.6. The number of hydrogen-bond acceptors (Lipinski definition) is 2. The third kappa shape index (κ3) is 5.81. The Morgan fingerprint density at radius 1 is 1.19 bits per heavy atom. The lowest BCUT2D eigenvalue weighted by Crippen LogP contribution is -2.51. The van der Waals surface area contributed by atoms with Gasteiger partial charge in [-0.2, -0.15) is 13.2 Å². The van der Waals surface area contributed by atoms with E-state index in [0.29, 0.717) is 10.8 Å². The zero-order valence-corrected chi connectivity index (χ0v) is 12.2. The fourth-order valence-corrected chi connectivity index (χ4v) is 2.58. The maximum atomic E-state index is 12.5. The summed E-state index contributed by atoms with van der Waals surface area (Å²) in [6.45, 7) is -0.407. The number of hydrogen-bond donors (Lipinski definition) is 1. The van der Waals surface area contributed by atoms with Crippen molar-refractivity contribution >= 4 is 12.0 Å². The summed E-state index contributed by atoms with van der Waals surface area (Å²) >= 11 is 0. The minimum Gasteiger partial charge on any atom is -0.480 e. The molecule has 0 unspecified atom stereocenters. The van der Waals surface area contributed by atoms with E-state index in [1.807, 2.05) is 0 Å². The summed E-state index contributed by atoms with van der Waals surface area (Å²) in [5, 5.41) is 8.68. The number of amides is 2. The van der Waals surface area contributed by atoms with E-state index in [1.165, 1.54) is 11.9 Å². The molecule has 1 aliphatic carbocycles. The normalized spacial score (nSPS) is 22.7. The van der Waals surface area contributed by atoms with Crippen molar-refractivity contribution in [1.29, 1.82) is 0 Å². The highest BCUT2D eigenvalue weighted by molar-refractivity contribution is 5.80. The molecule has 0 spiro atoms. The average Bonchev–Trinajstić information content (AvgIpc) is 2.35. The first-order valence-corrected chi connectivity index (χ1v) is 6.90. The fraction of sp³-hybridized carbons (Fsp3) is 0.846. The van der Waals surface area contributed by atoms with Crippen LogP contribution in [0.5, 0.6) is 0 Å². The summed E-state index contributed by atoms with van der Waals surface area (Å²) in [4.78, 5) is 24.4. The predicted octanol–water partition coefficient (Wildman–Crippen LogP) is 2.57. The molecule has 0 heterocycles. The summed E-state index contributed by atoms with van der Waals surface area (Å²) in [7, 11) is 1.44. The molecule has 8 heteroatoms. The van der Waals surface area contributed by atoms with Crippen molar-refractivity contribution in [2.75, 3.05) is 20.1 Å². The molecule has 0 atom stereocenters. The Bertz CT molecular complexity index is 379. The molecule has 1 aliphatic rings. The number of urea groups is 1. The van der Waals surface area contributed by atoms with E-state index in [-0.39, 0.29) is 6.04 Å². The minimum atomic E-state index is -4.62. The molecule has 0 bridgehead atoms. The van der Waals surface area contributed by atoms with E-state index in [0.717, 1.165) is 25.7 Å². The molecule has 0 aromatic rings. The third-order valence-electron chi connectivity index (χ3n) is 3.80. The van der Waals surface area contributed by atoms with Gasteiger partial charge < -0.3 is 14.9 Å². The Labute approximate surface area is 121 Å². The smallest absolute Gasteiger partial charge is 0.406 e. The lowest BCUT2D eigenvalue weighted by molar-refractivity contribution is -0.149. The number of rotatable bonds is 4. The van der Waals surface area contributed by atoms with E-state index in [2.05, 4.69) is 6.92 Å². The molecule has 21 heavy (non-hydrogen) atoms. The predicted molar refractivity (Wildman–Crippen MR) is 69.8 cm³/mol. The van der Waals surface area contributed by atoms with Gasteiger partial charge in [-0.25, -0.2) is 4.79 Å². The van der Waals surface area contributed by atoms with Crippen molar-refractivity contribution in [3.8, 4) is 0 Å². The minimum absolute atomic E-state index is 0.127. The number of alkyl halides is 3. The third-order valence-corrected chi connectivity index (χ3v) is 3.80. The summed E-state index contributed by atoms with van der Waals surface area (Å²) in [5.74, 6) is -0.909. The standard InChI is InChI=1S/C13H21F3N2O3/c1-9-3-5-10(6-4-9)17(2)12(21)18(7-11(19)20)8-13(14,15)16/h9-10H,3-8H2,1-2H3,(H,19,20). The topological polar surface area (TPSA) is 60.9 Å². The van der Waals surface area contributed by atoms with Gasteiger partial charge >= 0.3 is 18.2 Å². The molecule has 0 saturated heterocycles. The van der Waals surface area contributed by atoms with Gasteiger partial charge in [0.25, 0.3) is 0 Å². The Morgan fingerprint density at radius 3 is 2.14 bits per heavy atom. The number of aliphatic carboxylic acids is 1. The fourth-order valence-electron chi connectivity index (χ4n) is 2.58. The van der Waals surface area contributed by atoms with Crippen LogP contribution < -0.4 is 0 Å². The van der Waals surface area contributed by atoms with Crippen molar-refractivity contribution < 1.29 is 27.9 Å². The highest BCUT2D eigenvalue weighted by atomic mass is 19.4. The van der Waals surface area contributed by atoms with Crippen LogP contribution >= 0.6 is 0 Å². The quantitative estimate of drug-likeness (QED) is 0.868. The number of nitrogens with zero attached hydrogens (tertiary/aromatic N) is 2. The number of halogens is 3. The molecule has 2 amide bonds. The van der Waals surface area contributed by atoms with Gasteiger partial charge in [0.2, 0.25) is 0 Å². The van der Waals surface area contributed by atoms with E-state index in [9.17, 15) is 22.8 Å². The van der Waals surface area contributed by atoms with Crippen LogP contribution in [0.3, 0.4) is 0 Å². The molecular weight excluding hydrogens is 289 g/mol. The Morgan fingerprint density at radius 2 is 1.71 bits per heavy atom. The van der Waals surface area contributed by atoms with Gasteiger partial charge in [-0.1, -0.05) is 6.92 Å². The second-order valence-corrected chi connectivity index (χ2v) is 5.67. The van der Waals surface area contributed by atoms with Gasteiger partial charge in [0, 0.05) is 13.1 Å². The summed E-state index contributed by atoms with van der Waals surface area (Å²) in [6, 6.07) is -1.01. The van der Waals surface area contributed by atoms with Gasteiger partial charge in [0.15, 0.2) is 0 Å². The highest BCUT2D eigenvalue weighted by Gasteiger charge is 2.36. The maximum Gasteiger partial charge on any atom is 0.406 e. The van der Waals surface area contributed by atoms with Gasteiger partial charge in [0.1, 0.15) is 13.1 Å². The van der Waals surface area contributed by atoms with Crippen molar-refractivity contribution in [3.63, 3.8) is 0 Å². The van der Waals surface area contributed by atoms with Crippen LogP contribution in [-0.4, -0.2) is 59.3 Å². The van der Waals surface area contributed by atoms with Crippen LogP contribution in [0.4, 0.5) is 18.0 Å². The molecule has 0 aromatic carbocycles. The highest BCUT2D eigenvalue weighted by Crippen LogP contribution is 2.27. The van der Waals surface area contributed by atoms with Crippen LogP contribution in [0.25, 0.3) is 0 Å². The van der Waals surface area contributed by atoms with Gasteiger partial charge in [-0.15, -0.1) is 0 Å². The zero-order chi connectivity index (χ0) is 16.2. The van der Waals surface area contributed by atoms with E-state index < -0.39 is 31.3 Å². The van der Waals surface area contributed by atoms with Crippen LogP contribution in [-0.2, 0) is 4.79 Å². The van der Waals surface area contributed by atoms with Crippen LogP contribution in [0.1, 0.15) is 32.6 Å². The number of carbonyl (C=O) groups excluding carboxylic acids is 1. The zero-order valence-electron chi connectivity index (χ0n) is 12.2.